The molecule has 4 unspecified atom stereocenters. The zero-order valence-electron chi connectivity index (χ0n) is 24.2. The quantitative estimate of drug-likeness (QED) is 0.212. The van der Waals surface area contributed by atoms with E-state index >= 15 is 0 Å². The van der Waals surface area contributed by atoms with Crippen LogP contribution in [0.5, 0.6) is 11.5 Å². The van der Waals surface area contributed by atoms with Crippen molar-refractivity contribution in [2.75, 3.05) is 0 Å². The fraction of sp³-hybridized carbons (Fsp3) is 0.143. The van der Waals surface area contributed by atoms with E-state index in [1.807, 2.05) is 0 Å². The molecule has 5 aromatic rings. The molecule has 0 fully saturated rings. The van der Waals surface area contributed by atoms with Gasteiger partial charge in [-0.3, -0.25) is 0 Å². The molecule has 210 valence electrons. The summed E-state index contributed by atoms with van der Waals surface area (Å²) in [4.78, 5) is 0. The fourth-order valence-electron chi connectivity index (χ4n) is 8.27. The number of rotatable bonds is 2. The molecule has 0 saturated heterocycles. The van der Waals surface area contributed by atoms with Gasteiger partial charge in [-0.2, -0.15) is 0 Å². The summed E-state index contributed by atoms with van der Waals surface area (Å²) in [7, 11) is 0. The Morgan fingerprint density at radius 3 is 2.36 bits per heavy atom. The van der Waals surface area contributed by atoms with Crippen LogP contribution < -0.4 is 9.47 Å². The van der Waals surface area contributed by atoms with E-state index in [9.17, 15) is 0 Å². The van der Waals surface area contributed by atoms with Gasteiger partial charge in [-0.25, -0.2) is 0 Å². The highest BCUT2D eigenvalue weighted by Crippen LogP contribution is 2.57. The Labute approximate surface area is 257 Å². The third kappa shape index (κ3) is 3.43. The van der Waals surface area contributed by atoms with Gasteiger partial charge in [-0.1, -0.05) is 121 Å². The molecule has 0 spiro atoms. The maximum Gasteiger partial charge on any atom is 0.166 e. The number of fused-ring (bicyclic) bond motifs is 11. The molecule has 44 heavy (non-hydrogen) atoms. The maximum atomic E-state index is 6.92. The van der Waals surface area contributed by atoms with Crippen LogP contribution in [0.4, 0.5) is 0 Å². The van der Waals surface area contributed by atoms with Crippen LogP contribution in [0.3, 0.4) is 0 Å². The standard InChI is InChI=1S/C42H30O2/c1-3-13-28-25(9-1)11-7-17-30(28)27-19-20-33-35-21-22-36-40-34-16-6-5-15-32(34)37(31-18-8-12-26-10-2-4-14-29(26)31)24-39(40)44-42(36)41(35)43-38(33)23-27/h1-3,5-13,15-24,33,38-40H,4,14H2. The molecular formula is C42H30O2. The number of hydrogen-bond donors (Lipinski definition) is 0. The van der Waals surface area contributed by atoms with Gasteiger partial charge in [0.1, 0.15) is 12.2 Å². The Bertz CT molecular complexity index is 2150. The normalized spacial score (nSPS) is 23.3. The first kappa shape index (κ1) is 24.4. The van der Waals surface area contributed by atoms with Gasteiger partial charge in [0.2, 0.25) is 0 Å². The summed E-state index contributed by atoms with van der Waals surface area (Å²) in [5.41, 5.74) is 13.0. The van der Waals surface area contributed by atoms with Crippen LogP contribution in [0.15, 0.2) is 127 Å². The molecule has 2 heteroatoms. The summed E-state index contributed by atoms with van der Waals surface area (Å²) in [5, 5.41) is 2.52. The first-order valence-corrected chi connectivity index (χ1v) is 15.8. The summed E-state index contributed by atoms with van der Waals surface area (Å²) in [6, 6.07) is 35.4. The Morgan fingerprint density at radius 1 is 0.591 bits per heavy atom. The van der Waals surface area contributed by atoms with E-state index in [1.54, 1.807) is 0 Å². The third-order valence-corrected chi connectivity index (χ3v) is 10.3. The molecule has 3 aliphatic carbocycles. The van der Waals surface area contributed by atoms with Crippen LogP contribution in [-0.2, 0) is 6.42 Å². The highest BCUT2D eigenvalue weighted by atomic mass is 16.5. The molecule has 2 aliphatic heterocycles. The first-order chi connectivity index (χ1) is 21.8. The molecule has 0 N–H and O–H groups in total. The van der Waals surface area contributed by atoms with Gasteiger partial charge in [-0.15, -0.1) is 0 Å². The lowest BCUT2D eigenvalue weighted by Gasteiger charge is -2.29. The molecule has 5 aromatic carbocycles. The van der Waals surface area contributed by atoms with Crippen LogP contribution in [0.2, 0.25) is 0 Å². The Kier molecular flexibility index (Phi) is 5.10. The molecule has 5 aliphatic rings. The van der Waals surface area contributed by atoms with E-state index in [4.69, 9.17) is 9.47 Å². The van der Waals surface area contributed by atoms with Gasteiger partial charge in [0, 0.05) is 17.0 Å². The highest BCUT2D eigenvalue weighted by Gasteiger charge is 2.45. The second kappa shape index (κ2) is 9.21. The van der Waals surface area contributed by atoms with Gasteiger partial charge >= 0.3 is 0 Å². The van der Waals surface area contributed by atoms with Crippen LogP contribution in [0, 0.1) is 0 Å². The van der Waals surface area contributed by atoms with Crippen molar-refractivity contribution in [2.24, 2.45) is 0 Å². The molecule has 0 aromatic heterocycles. The van der Waals surface area contributed by atoms with Crippen molar-refractivity contribution in [3.05, 3.63) is 172 Å². The summed E-state index contributed by atoms with van der Waals surface area (Å²) in [6.45, 7) is 0. The summed E-state index contributed by atoms with van der Waals surface area (Å²) >= 11 is 0. The molecule has 0 radical (unpaired) electrons. The van der Waals surface area contributed by atoms with E-state index < -0.39 is 0 Å². The third-order valence-electron chi connectivity index (χ3n) is 10.3. The van der Waals surface area contributed by atoms with Gasteiger partial charge < -0.3 is 9.47 Å². The predicted octanol–water partition coefficient (Wildman–Crippen LogP) is 9.64. The lowest BCUT2D eigenvalue weighted by Crippen LogP contribution is -2.23. The van der Waals surface area contributed by atoms with Crippen LogP contribution >= 0.6 is 0 Å². The lowest BCUT2D eigenvalue weighted by atomic mass is 9.75. The average Bonchev–Trinajstić information content (AvgIpc) is 3.65. The average molecular weight is 567 g/mol. The van der Waals surface area contributed by atoms with Crippen molar-refractivity contribution < 1.29 is 9.47 Å². The predicted molar refractivity (Wildman–Crippen MR) is 178 cm³/mol. The van der Waals surface area contributed by atoms with Gasteiger partial charge in [0.05, 0.1) is 5.92 Å². The Hall–Kier alpha value is -5.08. The topological polar surface area (TPSA) is 18.5 Å². The zero-order chi connectivity index (χ0) is 28.8. The van der Waals surface area contributed by atoms with Crippen molar-refractivity contribution in [2.45, 2.75) is 36.9 Å². The monoisotopic (exact) mass is 566 g/mol. The Morgan fingerprint density at radius 2 is 1.36 bits per heavy atom. The minimum absolute atomic E-state index is 0.0519. The van der Waals surface area contributed by atoms with Crippen LogP contribution in [0.1, 0.15) is 62.8 Å². The molecular weight excluding hydrogens is 536 g/mol. The van der Waals surface area contributed by atoms with E-state index in [1.165, 1.54) is 66.4 Å². The van der Waals surface area contributed by atoms with Crippen LogP contribution in [0.25, 0.3) is 28.0 Å². The Balaban J connectivity index is 1.05. The van der Waals surface area contributed by atoms with Crippen molar-refractivity contribution >= 4 is 28.0 Å². The van der Waals surface area contributed by atoms with Crippen molar-refractivity contribution in [1.82, 2.24) is 0 Å². The first-order valence-electron chi connectivity index (χ1n) is 15.8. The molecule has 0 amide bonds. The van der Waals surface area contributed by atoms with Gasteiger partial charge in [0.25, 0.3) is 0 Å². The molecule has 2 nitrogen and oxygen atoms in total. The van der Waals surface area contributed by atoms with E-state index in [-0.39, 0.29) is 24.0 Å². The summed E-state index contributed by atoms with van der Waals surface area (Å²) in [5.74, 6) is 2.17. The second-order valence-electron chi connectivity index (χ2n) is 12.6. The molecule has 10 rings (SSSR count). The summed E-state index contributed by atoms with van der Waals surface area (Å²) in [6.07, 6.45) is 15.9. The van der Waals surface area contributed by atoms with Crippen molar-refractivity contribution in [3.63, 3.8) is 0 Å². The number of hydrogen-bond acceptors (Lipinski definition) is 2. The zero-order valence-corrected chi connectivity index (χ0v) is 24.2. The molecule has 2 heterocycles. The number of benzene rings is 5. The van der Waals surface area contributed by atoms with Gasteiger partial charge in [-0.05, 0) is 80.3 Å². The van der Waals surface area contributed by atoms with E-state index in [2.05, 4.69) is 134 Å². The number of allylic oxidation sites excluding steroid dienone is 3. The lowest BCUT2D eigenvalue weighted by molar-refractivity contribution is 0.231. The molecule has 0 saturated carbocycles. The van der Waals surface area contributed by atoms with Gasteiger partial charge in [0.15, 0.2) is 11.5 Å². The fourth-order valence-corrected chi connectivity index (χ4v) is 8.27. The SMILES string of the molecule is C1=Cc2cccc(C3=CC4Oc5c(ccc6c5OC5C=C(c7cccc8ccccc78)C=CC65)C4c4ccccc43)c2CC1. The minimum Gasteiger partial charge on any atom is -0.481 e. The van der Waals surface area contributed by atoms with Crippen molar-refractivity contribution in [1.29, 1.82) is 0 Å². The van der Waals surface area contributed by atoms with Crippen molar-refractivity contribution in [3.8, 4) is 11.5 Å². The second-order valence-corrected chi connectivity index (χ2v) is 12.6. The smallest absolute Gasteiger partial charge is 0.166 e. The summed E-state index contributed by atoms with van der Waals surface area (Å²) < 4.78 is 13.7. The minimum atomic E-state index is -0.0695. The number of ether oxygens (including phenoxy) is 2. The maximum absolute atomic E-state index is 6.92. The largest absolute Gasteiger partial charge is 0.481 e. The van der Waals surface area contributed by atoms with E-state index in [0.29, 0.717) is 0 Å². The van der Waals surface area contributed by atoms with Crippen LogP contribution in [-0.4, -0.2) is 12.2 Å². The highest BCUT2D eigenvalue weighted by molar-refractivity contribution is 5.96. The van der Waals surface area contributed by atoms with E-state index in [0.717, 1.165) is 24.3 Å². The molecule has 0 bridgehead atoms. The molecule has 4 atom stereocenters.